The Kier molecular flexibility index (Phi) is 3.85. The Morgan fingerprint density at radius 1 is 1.25 bits per heavy atom. The molecule has 1 aliphatic rings. The van der Waals surface area contributed by atoms with Crippen LogP contribution in [0, 0.1) is 5.92 Å². The van der Waals surface area contributed by atoms with Gasteiger partial charge in [0, 0.05) is 29.9 Å². The summed E-state index contributed by atoms with van der Waals surface area (Å²) in [5.74, 6) is 0.696. The summed E-state index contributed by atoms with van der Waals surface area (Å²) in [5, 5.41) is 14.5. The molecule has 0 aliphatic carbocycles. The molecule has 1 N–H and O–H groups in total. The van der Waals surface area contributed by atoms with Crippen LogP contribution in [0.5, 0.6) is 0 Å². The van der Waals surface area contributed by atoms with Gasteiger partial charge in [0.1, 0.15) is 0 Å². The number of rotatable bonds is 3. The van der Waals surface area contributed by atoms with Gasteiger partial charge in [0.25, 0.3) is 0 Å². The highest BCUT2D eigenvalue weighted by molar-refractivity contribution is 7.17. The van der Waals surface area contributed by atoms with Gasteiger partial charge in [-0.3, -0.25) is 0 Å². The molecule has 1 saturated heterocycles. The Labute approximate surface area is 125 Å². The fourth-order valence-electron chi connectivity index (χ4n) is 3.25. The smallest absolute Gasteiger partial charge is 0.0934 e. The lowest BCUT2D eigenvalue weighted by atomic mass is 9.84. The Morgan fingerprint density at radius 2 is 2.00 bits per heavy atom. The molecule has 0 amide bonds. The first-order chi connectivity index (χ1) is 9.58. The Hall–Kier alpha value is -0.900. The van der Waals surface area contributed by atoms with Gasteiger partial charge in [0.2, 0.25) is 0 Å². The van der Waals surface area contributed by atoms with E-state index in [1.54, 1.807) is 11.3 Å². The number of aliphatic hydroxyl groups is 1. The zero-order valence-corrected chi connectivity index (χ0v) is 13.1. The fraction of sp³-hybridized carbons (Fsp3) is 0.529. The van der Waals surface area contributed by atoms with E-state index in [9.17, 15) is 5.11 Å². The van der Waals surface area contributed by atoms with Crippen molar-refractivity contribution in [1.29, 1.82) is 0 Å². The quantitative estimate of drug-likeness (QED) is 0.928. The van der Waals surface area contributed by atoms with Gasteiger partial charge in [-0.15, -0.1) is 11.3 Å². The summed E-state index contributed by atoms with van der Waals surface area (Å²) in [6.07, 6.45) is 1.69. The summed E-state index contributed by atoms with van der Waals surface area (Å²) in [6, 6.07) is 8.45. The maximum Gasteiger partial charge on any atom is 0.0934 e. The zero-order chi connectivity index (χ0) is 14.2. The van der Waals surface area contributed by atoms with E-state index < -0.39 is 5.60 Å². The van der Waals surface area contributed by atoms with Crippen LogP contribution in [-0.4, -0.2) is 29.6 Å². The van der Waals surface area contributed by atoms with Crippen LogP contribution in [0.25, 0.3) is 10.1 Å². The highest BCUT2D eigenvalue weighted by Gasteiger charge is 2.35. The zero-order valence-electron chi connectivity index (χ0n) is 12.3. The SMILES string of the molecule is CC(C)CN1CCC(O)(c2cccc3ccsc23)CC1. The minimum absolute atomic E-state index is 0.641. The lowest BCUT2D eigenvalue weighted by Crippen LogP contribution is -2.43. The molecule has 0 atom stereocenters. The van der Waals surface area contributed by atoms with E-state index in [2.05, 4.69) is 48.4 Å². The van der Waals surface area contributed by atoms with Crippen LogP contribution in [0.4, 0.5) is 0 Å². The van der Waals surface area contributed by atoms with E-state index in [0.29, 0.717) is 5.92 Å². The van der Waals surface area contributed by atoms with Crippen molar-refractivity contribution in [2.45, 2.75) is 32.3 Å². The van der Waals surface area contributed by atoms with E-state index in [0.717, 1.165) is 38.0 Å². The van der Waals surface area contributed by atoms with Crippen LogP contribution in [0.15, 0.2) is 29.6 Å². The number of hydrogen-bond acceptors (Lipinski definition) is 3. The molecule has 20 heavy (non-hydrogen) atoms. The van der Waals surface area contributed by atoms with Crippen molar-refractivity contribution >= 4 is 21.4 Å². The molecule has 2 heterocycles. The number of thiophene rings is 1. The van der Waals surface area contributed by atoms with Crippen molar-refractivity contribution in [2.75, 3.05) is 19.6 Å². The summed E-state index contributed by atoms with van der Waals surface area (Å²) in [4.78, 5) is 2.48. The van der Waals surface area contributed by atoms with Crippen molar-refractivity contribution in [2.24, 2.45) is 5.92 Å². The van der Waals surface area contributed by atoms with Crippen molar-refractivity contribution in [3.05, 3.63) is 35.2 Å². The van der Waals surface area contributed by atoms with Crippen LogP contribution < -0.4 is 0 Å². The van der Waals surface area contributed by atoms with Crippen molar-refractivity contribution in [1.82, 2.24) is 4.90 Å². The topological polar surface area (TPSA) is 23.5 Å². The standard InChI is InChI=1S/C17H23NOS/c1-13(2)12-18-9-7-17(19,8-10-18)15-5-3-4-14-6-11-20-16(14)15/h3-6,11,13,19H,7-10,12H2,1-2H3. The van der Waals surface area contributed by atoms with Crippen molar-refractivity contribution in [3.63, 3.8) is 0 Å². The van der Waals surface area contributed by atoms with Gasteiger partial charge in [-0.25, -0.2) is 0 Å². The molecule has 0 unspecified atom stereocenters. The van der Waals surface area contributed by atoms with Crippen molar-refractivity contribution in [3.8, 4) is 0 Å². The van der Waals surface area contributed by atoms with Gasteiger partial charge in [-0.05, 0) is 35.6 Å². The van der Waals surface area contributed by atoms with E-state index in [4.69, 9.17) is 0 Å². The average Bonchev–Trinajstić information content (AvgIpc) is 2.89. The number of likely N-dealkylation sites (tertiary alicyclic amines) is 1. The van der Waals surface area contributed by atoms with Gasteiger partial charge in [0.15, 0.2) is 0 Å². The van der Waals surface area contributed by atoms with Crippen LogP contribution in [0.2, 0.25) is 0 Å². The number of piperidine rings is 1. The molecule has 108 valence electrons. The first-order valence-electron chi connectivity index (χ1n) is 7.50. The van der Waals surface area contributed by atoms with E-state index in [1.165, 1.54) is 10.1 Å². The van der Waals surface area contributed by atoms with Crippen LogP contribution in [-0.2, 0) is 5.60 Å². The lowest BCUT2D eigenvalue weighted by Gasteiger charge is -2.39. The normalized spacial score (nSPS) is 19.8. The monoisotopic (exact) mass is 289 g/mol. The highest BCUT2D eigenvalue weighted by atomic mass is 32.1. The van der Waals surface area contributed by atoms with Gasteiger partial charge in [-0.1, -0.05) is 32.0 Å². The maximum absolute atomic E-state index is 11.1. The van der Waals surface area contributed by atoms with Gasteiger partial charge in [0.05, 0.1) is 5.60 Å². The maximum atomic E-state index is 11.1. The molecule has 2 aromatic rings. The van der Waals surface area contributed by atoms with Crippen molar-refractivity contribution < 1.29 is 5.11 Å². The summed E-state index contributed by atoms with van der Waals surface area (Å²) in [5.41, 5.74) is 0.492. The molecule has 3 rings (SSSR count). The van der Waals surface area contributed by atoms with Crippen LogP contribution >= 0.6 is 11.3 Å². The van der Waals surface area contributed by atoms with E-state index >= 15 is 0 Å². The minimum atomic E-state index is -0.641. The molecule has 1 aliphatic heterocycles. The number of benzene rings is 1. The molecule has 0 bridgehead atoms. The van der Waals surface area contributed by atoms with Gasteiger partial charge < -0.3 is 10.0 Å². The lowest BCUT2D eigenvalue weighted by molar-refractivity contribution is -0.0266. The number of nitrogens with zero attached hydrogens (tertiary/aromatic N) is 1. The highest BCUT2D eigenvalue weighted by Crippen LogP contribution is 2.38. The Morgan fingerprint density at radius 3 is 2.70 bits per heavy atom. The Balaban J connectivity index is 1.82. The molecule has 0 spiro atoms. The molecule has 0 radical (unpaired) electrons. The molecule has 1 aromatic carbocycles. The molecule has 2 nitrogen and oxygen atoms in total. The first kappa shape index (κ1) is 14.1. The predicted molar refractivity (Wildman–Crippen MR) is 86.2 cm³/mol. The molecule has 1 fully saturated rings. The third kappa shape index (κ3) is 2.62. The first-order valence-corrected chi connectivity index (χ1v) is 8.38. The van der Waals surface area contributed by atoms with E-state index in [1.807, 2.05) is 0 Å². The van der Waals surface area contributed by atoms with E-state index in [-0.39, 0.29) is 0 Å². The van der Waals surface area contributed by atoms with Crippen LogP contribution in [0.1, 0.15) is 32.3 Å². The second-order valence-corrected chi connectivity index (χ2v) is 7.29. The van der Waals surface area contributed by atoms with Gasteiger partial charge >= 0.3 is 0 Å². The summed E-state index contributed by atoms with van der Waals surface area (Å²) in [7, 11) is 0. The molecular weight excluding hydrogens is 266 g/mol. The summed E-state index contributed by atoms with van der Waals surface area (Å²) < 4.78 is 1.26. The number of fused-ring (bicyclic) bond motifs is 1. The molecular formula is C17H23NOS. The predicted octanol–water partition coefficient (Wildman–Crippen LogP) is 3.84. The third-order valence-electron chi connectivity index (χ3n) is 4.29. The van der Waals surface area contributed by atoms with Gasteiger partial charge in [-0.2, -0.15) is 0 Å². The second kappa shape index (κ2) is 5.47. The van der Waals surface area contributed by atoms with Crippen LogP contribution in [0.3, 0.4) is 0 Å². The summed E-state index contributed by atoms with van der Waals surface area (Å²) in [6.45, 7) is 7.65. The fourth-order valence-corrected chi connectivity index (χ4v) is 4.26. The number of hydrogen-bond donors (Lipinski definition) is 1. The summed E-state index contributed by atoms with van der Waals surface area (Å²) >= 11 is 1.74. The molecule has 1 aromatic heterocycles. The molecule has 0 saturated carbocycles. The molecule has 3 heteroatoms. The largest absolute Gasteiger partial charge is 0.385 e. The third-order valence-corrected chi connectivity index (χ3v) is 5.25. The Bertz CT molecular complexity index is 581. The second-order valence-electron chi connectivity index (χ2n) is 6.37. The minimum Gasteiger partial charge on any atom is -0.385 e. The average molecular weight is 289 g/mol.